The zero-order valence-electron chi connectivity index (χ0n) is 17.2. The number of nitrogens with zero attached hydrogens (tertiary/aromatic N) is 5. The standard InChI is InChI=1S/C19H20F7N5O2/c20-13-2-4-14(5-3-13)31-16(19(24,25)26)15(27-28-31)17(32)30-9-7-29(8-10-30)6-1-11-33-12-18(21,22)23/h2-5H,1,6-12H2. The fourth-order valence-electron chi connectivity index (χ4n) is 3.35. The summed E-state index contributed by atoms with van der Waals surface area (Å²) in [5.41, 5.74) is -2.32. The molecular formula is C19H20F7N5O2. The number of carbonyl (C=O) groups excluding carboxylic acids is 1. The molecule has 0 saturated carbocycles. The van der Waals surface area contributed by atoms with Gasteiger partial charge in [0.1, 0.15) is 12.4 Å². The number of alkyl halides is 6. The van der Waals surface area contributed by atoms with Crippen LogP contribution in [0.15, 0.2) is 24.3 Å². The van der Waals surface area contributed by atoms with E-state index in [1.165, 1.54) is 4.90 Å². The van der Waals surface area contributed by atoms with Crippen LogP contribution in [0.5, 0.6) is 0 Å². The Morgan fingerprint density at radius 1 is 1.00 bits per heavy atom. The normalized spacial score (nSPS) is 15.8. The average Bonchev–Trinajstić information content (AvgIpc) is 3.19. The predicted octanol–water partition coefficient (Wildman–Crippen LogP) is 3.15. The summed E-state index contributed by atoms with van der Waals surface area (Å²) in [5.74, 6) is -1.59. The lowest BCUT2D eigenvalue weighted by Crippen LogP contribution is -2.49. The van der Waals surface area contributed by atoms with Crippen LogP contribution >= 0.6 is 0 Å². The second-order valence-corrected chi connectivity index (χ2v) is 7.33. The highest BCUT2D eigenvalue weighted by atomic mass is 19.4. The molecule has 1 aromatic carbocycles. The third-order valence-corrected chi connectivity index (χ3v) is 4.90. The van der Waals surface area contributed by atoms with Gasteiger partial charge in [0.05, 0.1) is 5.69 Å². The van der Waals surface area contributed by atoms with E-state index in [1.54, 1.807) is 0 Å². The summed E-state index contributed by atoms with van der Waals surface area (Å²) in [6, 6.07) is 4.10. The molecule has 33 heavy (non-hydrogen) atoms. The molecule has 0 radical (unpaired) electrons. The van der Waals surface area contributed by atoms with Gasteiger partial charge in [-0.25, -0.2) is 9.07 Å². The molecule has 7 nitrogen and oxygen atoms in total. The molecule has 3 rings (SSSR count). The van der Waals surface area contributed by atoms with Crippen LogP contribution in [0.4, 0.5) is 30.7 Å². The molecule has 0 spiro atoms. The number of piperazine rings is 1. The first kappa shape index (κ1) is 24.9. The van der Waals surface area contributed by atoms with Crippen molar-refractivity contribution in [1.82, 2.24) is 24.8 Å². The van der Waals surface area contributed by atoms with Crippen molar-refractivity contribution in [3.63, 3.8) is 0 Å². The fraction of sp³-hybridized carbons (Fsp3) is 0.526. The predicted molar refractivity (Wildman–Crippen MR) is 100 cm³/mol. The number of aromatic nitrogens is 3. The summed E-state index contributed by atoms with van der Waals surface area (Å²) in [6.45, 7) is -0.0905. The number of amides is 1. The molecule has 1 saturated heterocycles. The van der Waals surface area contributed by atoms with Crippen LogP contribution < -0.4 is 0 Å². The van der Waals surface area contributed by atoms with Crippen LogP contribution in [0.25, 0.3) is 5.69 Å². The Kier molecular flexibility index (Phi) is 7.57. The molecule has 0 unspecified atom stereocenters. The number of hydrogen-bond acceptors (Lipinski definition) is 5. The van der Waals surface area contributed by atoms with Gasteiger partial charge in [-0.2, -0.15) is 26.3 Å². The molecule has 0 bridgehead atoms. The van der Waals surface area contributed by atoms with Crippen molar-refractivity contribution >= 4 is 5.91 Å². The van der Waals surface area contributed by atoms with Gasteiger partial charge in [-0.3, -0.25) is 9.69 Å². The third kappa shape index (κ3) is 6.63. The molecule has 1 aromatic heterocycles. The monoisotopic (exact) mass is 483 g/mol. The van der Waals surface area contributed by atoms with E-state index in [9.17, 15) is 35.5 Å². The van der Waals surface area contributed by atoms with Gasteiger partial charge in [0.15, 0.2) is 11.4 Å². The van der Waals surface area contributed by atoms with Crippen molar-refractivity contribution in [2.45, 2.75) is 18.8 Å². The maximum absolute atomic E-state index is 13.7. The number of hydrogen-bond donors (Lipinski definition) is 0. The topological polar surface area (TPSA) is 63.5 Å². The SMILES string of the molecule is O=C(c1nnn(-c2ccc(F)cc2)c1C(F)(F)F)N1CCN(CCCOCC(F)(F)F)CC1. The average molecular weight is 483 g/mol. The van der Waals surface area contributed by atoms with Crippen molar-refractivity contribution in [3.05, 3.63) is 41.5 Å². The molecule has 0 atom stereocenters. The van der Waals surface area contributed by atoms with E-state index < -0.39 is 42.1 Å². The minimum atomic E-state index is -4.94. The van der Waals surface area contributed by atoms with Crippen LogP contribution in [0.1, 0.15) is 22.6 Å². The highest BCUT2D eigenvalue weighted by molar-refractivity contribution is 5.93. The van der Waals surface area contributed by atoms with E-state index in [0.29, 0.717) is 30.7 Å². The maximum atomic E-state index is 13.7. The lowest BCUT2D eigenvalue weighted by Gasteiger charge is -2.34. The Balaban J connectivity index is 1.61. The highest BCUT2D eigenvalue weighted by Crippen LogP contribution is 2.33. The van der Waals surface area contributed by atoms with Crippen LogP contribution in [0.3, 0.4) is 0 Å². The molecule has 1 aliphatic heterocycles. The Morgan fingerprint density at radius 2 is 1.64 bits per heavy atom. The minimum absolute atomic E-state index is 0.0832. The summed E-state index contributed by atoms with van der Waals surface area (Å²) in [4.78, 5) is 15.9. The third-order valence-electron chi connectivity index (χ3n) is 4.90. The first-order valence-corrected chi connectivity index (χ1v) is 9.90. The second kappa shape index (κ2) is 10.0. The number of halogens is 7. The van der Waals surface area contributed by atoms with Gasteiger partial charge in [-0.1, -0.05) is 5.21 Å². The molecule has 1 fully saturated rings. The Bertz CT molecular complexity index is 935. The zero-order valence-corrected chi connectivity index (χ0v) is 17.2. The number of ether oxygens (including phenoxy) is 1. The molecule has 2 heterocycles. The van der Waals surface area contributed by atoms with Gasteiger partial charge < -0.3 is 9.64 Å². The first-order valence-electron chi connectivity index (χ1n) is 9.90. The van der Waals surface area contributed by atoms with Gasteiger partial charge in [-0.15, -0.1) is 5.10 Å². The van der Waals surface area contributed by atoms with E-state index in [1.807, 2.05) is 4.90 Å². The Hall–Kier alpha value is -2.74. The highest BCUT2D eigenvalue weighted by Gasteiger charge is 2.43. The molecule has 0 aliphatic carbocycles. The lowest BCUT2D eigenvalue weighted by atomic mass is 10.2. The van der Waals surface area contributed by atoms with Gasteiger partial charge in [0.25, 0.3) is 5.91 Å². The van der Waals surface area contributed by atoms with Crippen molar-refractivity contribution < 1.29 is 40.3 Å². The summed E-state index contributed by atoms with van der Waals surface area (Å²) in [7, 11) is 0. The summed E-state index contributed by atoms with van der Waals surface area (Å²) < 4.78 is 95.4. The quantitative estimate of drug-likeness (QED) is 0.448. The molecular weight excluding hydrogens is 463 g/mol. The minimum Gasteiger partial charge on any atom is -0.372 e. The van der Waals surface area contributed by atoms with Crippen LogP contribution in [0.2, 0.25) is 0 Å². The van der Waals surface area contributed by atoms with Gasteiger partial charge in [0, 0.05) is 39.3 Å². The first-order chi connectivity index (χ1) is 15.5. The summed E-state index contributed by atoms with van der Waals surface area (Å²) >= 11 is 0. The Morgan fingerprint density at radius 3 is 2.21 bits per heavy atom. The van der Waals surface area contributed by atoms with E-state index in [0.717, 1.165) is 24.3 Å². The van der Waals surface area contributed by atoms with Gasteiger partial charge in [0.2, 0.25) is 0 Å². The Labute approximate surface area is 183 Å². The van der Waals surface area contributed by atoms with Crippen molar-refractivity contribution in [1.29, 1.82) is 0 Å². The van der Waals surface area contributed by atoms with Crippen molar-refractivity contribution in [2.75, 3.05) is 45.9 Å². The van der Waals surface area contributed by atoms with E-state index >= 15 is 0 Å². The summed E-state index contributed by atoms with van der Waals surface area (Å²) in [6.07, 6.45) is -8.99. The van der Waals surface area contributed by atoms with E-state index in [-0.39, 0.29) is 25.4 Å². The maximum Gasteiger partial charge on any atom is 0.435 e. The molecule has 1 amide bonds. The zero-order chi connectivity index (χ0) is 24.2. The van der Waals surface area contributed by atoms with Crippen molar-refractivity contribution in [3.8, 4) is 5.69 Å². The van der Waals surface area contributed by atoms with Gasteiger partial charge >= 0.3 is 12.4 Å². The number of rotatable bonds is 7. The van der Waals surface area contributed by atoms with E-state index in [2.05, 4.69) is 15.0 Å². The molecule has 0 N–H and O–H groups in total. The molecule has 14 heteroatoms. The molecule has 182 valence electrons. The van der Waals surface area contributed by atoms with Crippen LogP contribution in [-0.4, -0.2) is 82.8 Å². The second-order valence-electron chi connectivity index (χ2n) is 7.33. The lowest BCUT2D eigenvalue weighted by molar-refractivity contribution is -0.174. The molecule has 2 aromatic rings. The van der Waals surface area contributed by atoms with Gasteiger partial charge in [-0.05, 0) is 30.7 Å². The summed E-state index contributed by atoms with van der Waals surface area (Å²) in [5, 5.41) is 6.91. The number of carbonyl (C=O) groups is 1. The smallest absolute Gasteiger partial charge is 0.372 e. The fourth-order valence-corrected chi connectivity index (χ4v) is 3.35. The van der Waals surface area contributed by atoms with Crippen LogP contribution in [0, 0.1) is 5.82 Å². The largest absolute Gasteiger partial charge is 0.435 e. The van der Waals surface area contributed by atoms with Crippen molar-refractivity contribution in [2.24, 2.45) is 0 Å². The molecule has 1 aliphatic rings. The van der Waals surface area contributed by atoms with E-state index in [4.69, 9.17) is 0 Å². The number of benzene rings is 1. The van der Waals surface area contributed by atoms with Crippen LogP contribution in [-0.2, 0) is 10.9 Å².